The van der Waals surface area contributed by atoms with Gasteiger partial charge in [0.05, 0.1) is 0 Å². The lowest BCUT2D eigenvalue weighted by atomic mass is 9.77. The Bertz CT molecular complexity index is 135. The predicted molar refractivity (Wildman–Crippen MR) is 44.3 cm³/mol. The molecular formula is C9H17NO. The van der Waals surface area contributed by atoms with Crippen molar-refractivity contribution in [3.8, 4) is 0 Å². The number of hydrogen-bond acceptors (Lipinski definition) is 2. The Labute approximate surface area is 68.0 Å². The topological polar surface area (TPSA) is 32.3 Å². The van der Waals surface area contributed by atoms with Gasteiger partial charge in [-0.05, 0) is 18.3 Å². The van der Waals surface area contributed by atoms with Crippen LogP contribution in [-0.4, -0.2) is 24.8 Å². The maximum absolute atomic E-state index is 9.15. The summed E-state index contributed by atoms with van der Waals surface area (Å²) in [6, 6.07) is 0. The largest absolute Gasteiger partial charge is 0.396 e. The summed E-state index contributed by atoms with van der Waals surface area (Å²) >= 11 is 0. The number of aliphatic hydroxyl groups is 1. The zero-order valence-electron chi connectivity index (χ0n) is 6.97. The van der Waals surface area contributed by atoms with Crippen LogP contribution in [0.2, 0.25) is 0 Å². The standard InChI is InChI=1S/C9H17NO/c11-6-8-5-10-7-9(8)3-1-2-4-9/h8,10-11H,1-7H2. The van der Waals surface area contributed by atoms with E-state index in [9.17, 15) is 0 Å². The van der Waals surface area contributed by atoms with Crippen LogP contribution in [0.5, 0.6) is 0 Å². The first kappa shape index (κ1) is 7.56. The van der Waals surface area contributed by atoms with E-state index < -0.39 is 0 Å². The minimum absolute atomic E-state index is 0.382. The maximum Gasteiger partial charge on any atom is 0.0477 e. The summed E-state index contributed by atoms with van der Waals surface area (Å²) < 4.78 is 0. The van der Waals surface area contributed by atoms with Crippen molar-refractivity contribution in [2.24, 2.45) is 11.3 Å². The van der Waals surface area contributed by atoms with E-state index in [2.05, 4.69) is 5.32 Å². The van der Waals surface area contributed by atoms with Crippen molar-refractivity contribution in [3.05, 3.63) is 0 Å². The molecule has 0 aromatic carbocycles. The average molecular weight is 155 g/mol. The molecule has 2 N–H and O–H groups in total. The van der Waals surface area contributed by atoms with Crippen molar-refractivity contribution in [2.75, 3.05) is 19.7 Å². The van der Waals surface area contributed by atoms with Crippen LogP contribution < -0.4 is 5.32 Å². The summed E-state index contributed by atoms with van der Waals surface area (Å²) in [5, 5.41) is 12.5. The van der Waals surface area contributed by atoms with Crippen LogP contribution in [0.15, 0.2) is 0 Å². The molecule has 0 radical (unpaired) electrons. The molecule has 1 unspecified atom stereocenters. The second kappa shape index (κ2) is 2.76. The Morgan fingerprint density at radius 3 is 2.73 bits per heavy atom. The molecule has 1 aliphatic carbocycles. The van der Waals surface area contributed by atoms with Crippen molar-refractivity contribution in [3.63, 3.8) is 0 Å². The average Bonchev–Trinajstić information content (AvgIpc) is 2.62. The minimum Gasteiger partial charge on any atom is -0.396 e. The molecule has 0 aromatic rings. The molecule has 11 heavy (non-hydrogen) atoms. The number of aliphatic hydroxyl groups excluding tert-OH is 1. The van der Waals surface area contributed by atoms with Gasteiger partial charge < -0.3 is 10.4 Å². The Hall–Kier alpha value is -0.0800. The lowest BCUT2D eigenvalue weighted by molar-refractivity contribution is 0.137. The van der Waals surface area contributed by atoms with Gasteiger partial charge in [-0.3, -0.25) is 0 Å². The molecule has 0 bridgehead atoms. The summed E-state index contributed by atoms with van der Waals surface area (Å²) in [5.41, 5.74) is 0.495. The van der Waals surface area contributed by atoms with Gasteiger partial charge >= 0.3 is 0 Å². The van der Waals surface area contributed by atoms with E-state index in [1.54, 1.807) is 0 Å². The highest BCUT2D eigenvalue weighted by atomic mass is 16.3. The van der Waals surface area contributed by atoms with Crippen LogP contribution in [0.4, 0.5) is 0 Å². The Morgan fingerprint density at radius 1 is 1.36 bits per heavy atom. The fraction of sp³-hybridized carbons (Fsp3) is 1.00. The highest BCUT2D eigenvalue weighted by molar-refractivity contribution is 4.97. The molecule has 2 rings (SSSR count). The SMILES string of the molecule is OCC1CNCC12CCCC2. The maximum atomic E-state index is 9.15. The molecule has 2 heteroatoms. The summed E-state index contributed by atoms with van der Waals surface area (Å²) in [6.07, 6.45) is 5.42. The van der Waals surface area contributed by atoms with Crippen LogP contribution >= 0.6 is 0 Å². The lowest BCUT2D eigenvalue weighted by Crippen LogP contribution is -2.28. The lowest BCUT2D eigenvalue weighted by Gasteiger charge is -2.28. The van der Waals surface area contributed by atoms with Crippen molar-refractivity contribution in [2.45, 2.75) is 25.7 Å². The molecule has 1 saturated heterocycles. The number of hydrogen-bond donors (Lipinski definition) is 2. The molecule has 1 atom stereocenters. The molecule has 2 fully saturated rings. The molecule has 1 saturated carbocycles. The summed E-state index contributed by atoms with van der Waals surface area (Å²) in [6.45, 7) is 2.57. The first-order valence-electron chi connectivity index (χ1n) is 4.69. The fourth-order valence-electron chi connectivity index (χ4n) is 2.78. The normalized spacial score (nSPS) is 35.2. The molecule has 64 valence electrons. The molecule has 2 nitrogen and oxygen atoms in total. The van der Waals surface area contributed by atoms with Gasteiger partial charge in [-0.25, -0.2) is 0 Å². The Kier molecular flexibility index (Phi) is 1.90. The van der Waals surface area contributed by atoms with Gasteiger partial charge in [0.2, 0.25) is 0 Å². The van der Waals surface area contributed by atoms with Crippen molar-refractivity contribution >= 4 is 0 Å². The van der Waals surface area contributed by atoms with Gasteiger partial charge in [-0.15, -0.1) is 0 Å². The van der Waals surface area contributed by atoms with Gasteiger partial charge in [-0.2, -0.15) is 0 Å². The van der Waals surface area contributed by atoms with E-state index in [1.165, 1.54) is 25.7 Å². The Balaban J connectivity index is 2.09. The molecule has 1 spiro atoms. The second-order valence-electron chi connectivity index (χ2n) is 4.08. The van der Waals surface area contributed by atoms with E-state index in [4.69, 9.17) is 5.11 Å². The number of rotatable bonds is 1. The van der Waals surface area contributed by atoms with Crippen LogP contribution in [0, 0.1) is 11.3 Å². The molecular weight excluding hydrogens is 138 g/mol. The predicted octanol–water partition coefficient (Wildman–Crippen LogP) is 0.758. The van der Waals surface area contributed by atoms with Gasteiger partial charge in [-0.1, -0.05) is 12.8 Å². The minimum atomic E-state index is 0.382. The Morgan fingerprint density at radius 2 is 2.09 bits per heavy atom. The van der Waals surface area contributed by atoms with Gasteiger partial charge in [0, 0.05) is 25.6 Å². The van der Waals surface area contributed by atoms with Gasteiger partial charge in [0.25, 0.3) is 0 Å². The monoisotopic (exact) mass is 155 g/mol. The van der Waals surface area contributed by atoms with Crippen molar-refractivity contribution in [1.29, 1.82) is 0 Å². The fourth-order valence-corrected chi connectivity index (χ4v) is 2.78. The summed E-state index contributed by atoms with van der Waals surface area (Å²) in [7, 11) is 0. The first-order valence-corrected chi connectivity index (χ1v) is 4.69. The quantitative estimate of drug-likeness (QED) is 0.586. The van der Waals surface area contributed by atoms with Crippen LogP contribution in [0.3, 0.4) is 0 Å². The highest BCUT2D eigenvalue weighted by Gasteiger charge is 2.43. The van der Waals surface area contributed by atoms with Gasteiger partial charge in [0.1, 0.15) is 0 Å². The molecule has 2 aliphatic rings. The zero-order chi connectivity index (χ0) is 7.73. The van der Waals surface area contributed by atoms with Gasteiger partial charge in [0.15, 0.2) is 0 Å². The van der Waals surface area contributed by atoms with Crippen molar-refractivity contribution in [1.82, 2.24) is 5.32 Å². The van der Waals surface area contributed by atoms with E-state index in [-0.39, 0.29) is 0 Å². The van der Waals surface area contributed by atoms with Crippen molar-refractivity contribution < 1.29 is 5.11 Å². The van der Waals surface area contributed by atoms with Crippen LogP contribution in [0.1, 0.15) is 25.7 Å². The number of nitrogens with one attached hydrogen (secondary N) is 1. The zero-order valence-corrected chi connectivity index (χ0v) is 6.97. The third-order valence-electron chi connectivity index (χ3n) is 3.55. The molecule has 0 aromatic heterocycles. The first-order chi connectivity index (χ1) is 5.37. The second-order valence-corrected chi connectivity index (χ2v) is 4.08. The summed E-state index contributed by atoms with van der Waals surface area (Å²) in [5.74, 6) is 0.546. The van der Waals surface area contributed by atoms with E-state index in [0.29, 0.717) is 17.9 Å². The smallest absolute Gasteiger partial charge is 0.0477 e. The molecule has 1 heterocycles. The van der Waals surface area contributed by atoms with E-state index >= 15 is 0 Å². The van der Waals surface area contributed by atoms with Crippen LogP contribution in [0.25, 0.3) is 0 Å². The summed E-state index contributed by atoms with van der Waals surface area (Å²) in [4.78, 5) is 0. The third kappa shape index (κ3) is 1.09. The third-order valence-corrected chi connectivity index (χ3v) is 3.55. The van der Waals surface area contributed by atoms with E-state index in [0.717, 1.165) is 13.1 Å². The molecule has 0 amide bonds. The van der Waals surface area contributed by atoms with Crippen LogP contribution in [-0.2, 0) is 0 Å². The molecule has 1 aliphatic heterocycles. The van der Waals surface area contributed by atoms with E-state index in [1.807, 2.05) is 0 Å². The highest BCUT2D eigenvalue weighted by Crippen LogP contribution is 2.45.